The summed E-state index contributed by atoms with van der Waals surface area (Å²) in [7, 11) is 4.00. The number of carbonyl (C=O) groups excluding carboxylic acids is 2. The molecule has 0 bridgehead atoms. The Balaban J connectivity index is 2.75. The third-order valence-corrected chi connectivity index (χ3v) is 3.68. The van der Waals surface area contributed by atoms with Crippen molar-refractivity contribution in [2.24, 2.45) is 0 Å². The zero-order valence-corrected chi connectivity index (χ0v) is 16.7. The lowest BCUT2D eigenvalue weighted by Gasteiger charge is -2.23. The molecule has 6 heteroatoms. The van der Waals surface area contributed by atoms with Crippen LogP contribution in [0.4, 0.5) is 0 Å². The van der Waals surface area contributed by atoms with Gasteiger partial charge in [0.2, 0.25) is 0 Å². The Morgan fingerprint density at radius 3 is 2.23 bits per heavy atom. The van der Waals surface area contributed by atoms with Crippen LogP contribution in [0, 0.1) is 0 Å². The van der Waals surface area contributed by atoms with E-state index in [-0.39, 0.29) is 24.4 Å². The van der Waals surface area contributed by atoms with Gasteiger partial charge in [-0.1, -0.05) is 0 Å². The van der Waals surface area contributed by atoms with Crippen molar-refractivity contribution in [3.05, 3.63) is 29.8 Å². The van der Waals surface area contributed by atoms with Crippen molar-refractivity contribution in [2.45, 2.75) is 39.7 Å². The number of esters is 1. The summed E-state index contributed by atoms with van der Waals surface area (Å²) in [5, 5.41) is 0. The molecule has 0 radical (unpaired) electrons. The Morgan fingerprint density at radius 2 is 1.69 bits per heavy atom. The summed E-state index contributed by atoms with van der Waals surface area (Å²) in [5.41, 5.74) is 0.592. The number of ether oxygens (including phenoxy) is 2. The van der Waals surface area contributed by atoms with Gasteiger partial charge in [0, 0.05) is 18.7 Å². The molecule has 1 rings (SSSR count). The first kappa shape index (κ1) is 22.0. The van der Waals surface area contributed by atoms with Crippen LogP contribution in [0.15, 0.2) is 24.3 Å². The van der Waals surface area contributed by atoms with Gasteiger partial charge >= 0.3 is 5.97 Å². The summed E-state index contributed by atoms with van der Waals surface area (Å²) >= 11 is 0. The Morgan fingerprint density at radius 1 is 1.04 bits per heavy atom. The molecule has 0 unspecified atom stereocenters. The summed E-state index contributed by atoms with van der Waals surface area (Å²) in [5.74, 6) is 0.380. The van der Waals surface area contributed by atoms with Crippen LogP contribution in [0.5, 0.6) is 5.75 Å². The van der Waals surface area contributed by atoms with Crippen molar-refractivity contribution in [3.63, 3.8) is 0 Å². The van der Waals surface area contributed by atoms with Crippen LogP contribution in [0.1, 0.15) is 44.0 Å². The Labute approximate surface area is 157 Å². The molecule has 0 aliphatic rings. The van der Waals surface area contributed by atoms with Gasteiger partial charge in [0.1, 0.15) is 5.75 Å². The molecule has 146 valence electrons. The van der Waals surface area contributed by atoms with Gasteiger partial charge in [-0.3, -0.25) is 9.59 Å². The molecule has 1 aromatic carbocycles. The first-order valence-corrected chi connectivity index (χ1v) is 9.19. The van der Waals surface area contributed by atoms with Crippen LogP contribution in [0.2, 0.25) is 0 Å². The van der Waals surface area contributed by atoms with Gasteiger partial charge < -0.3 is 19.3 Å². The van der Waals surface area contributed by atoms with Crippen LogP contribution in [0.3, 0.4) is 0 Å². The topological polar surface area (TPSA) is 59.1 Å². The number of hydrogen-bond acceptors (Lipinski definition) is 5. The highest BCUT2D eigenvalue weighted by Crippen LogP contribution is 2.15. The van der Waals surface area contributed by atoms with Gasteiger partial charge in [0.05, 0.1) is 19.1 Å². The second-order valence-corrected chi connectivity index (χ2v) is 6.70. The lowest BCUT2D eigenvalue weighted by molar-refractivity contribution is -0.143. The molecule has 0 saturated carbocycles. The molecule has 0 heterocycles. The quantitative estimate of drug-likeness (QED) is 0.565. The van der Waals surface area contributed by atoms with E-state index in [1.807, 2.05) is 27.9 Å². The molecule has 0 fully saturated rings. The molecule has 0 aromatic heterocycles. The standard InChI is InChI=1S/C20H32N2O4/c1-6-25-19(23)12-15-22(14-7-13-21(4)5)20(24)17-8-10-18(11-9-17)26-16(2)3/h8-11,16H,6-7,12-15H2,1-5H3. The number of nitrogens with zero attached hydrogens (tertiary/aromatic N) is 2. The average Bonchev–Trinajstić information content (AvgIpc) is 2.57. The fourth-order valence-electron chi connectivity index (χ4n) is 2.48. The lowest BCUT2D eigenvalue weighted by Crippen LogP contribution is -2.35. The Kier molecular flexibility index (Phi) is 9.73. The van der Waals surface area contributed by atoms with E-state index in [2.05, 4.69) is 4.90 Å². The molecule has 0 atom stereocenters. The SMILES string of the molecule is CCOC(=O)CCN(CCCN(C)C)C(=O)c1ccc(OC(C)C)cc1. The predicted octanol–water partition coefficient (Wildman–Crippen LogP) is 2.82. The van der Waals surface area contributed by atoms with Gasteiger partial charge in [0.15, 0.2) is 0 Å². The molecule has 0 spiro atoms. The maximum Gasteiger partial charge on any atom is 0.307 e. The minimum Gasteiger partial charge on any atom is -0.491 e. The molecule has 0 aliphatic heterocycles. The molecular weight excluding hydrogens is 332 g/mol. The monoisotopic (exact) mass is 364 g/mol. The van der Waals surface area contributed by atoms with E-state index in [1.54, 1.807) is 36.1 Å². The van der Waals surface area contributed by atoms with Crippen molar-refractivity contribution >= 4 is 11.9 Å². The Bertz CT molecular complexity index is 555. The van der Waals surface area contributed by atoms with Crippen molar-refractivity contribution in [1.29, 1.82) is 0 Å². The zero-order chi connectivity index (χ0) is 19.5. The second-order valence-electron chi connectivity index (χ2n) is 6.70. The smallest absolute Gasteiger partial charge is 0.307 e. The summed E-state index contributed by atoms with van der Waals surface area (Å²) in [4.78, 5) is 28.3. The highest BCUT2D eigenvalue weighted by Gasteiger charge is 2.17. The van der Waals surface area contributed by atoms with E-state index in [0.29, 0.717) is 25.3 Å². The van der Waals surface area contributed by atoms with Crippen molar-refractivity contribution in [1.82, 2.24) is 9.80 Å². The largest absolute Gasteiger partial charge is 0.491 e. The van der Waals surface area contributed by atoms with E-state index in [0.717, 1.165) is 18.7 Å². The minimum atomic E-state index is -0.279. The van der Waals surface area contributed by atoms with E-state index >= 15 is 0 Å². The first-order valence-electron chi connectivity index (χ1n) is 9.19. The van der Waals surface area contributed by atoms with Gasteiger partial charge in [-0.2, -0.15) is 0 Å². The van der Waals surface area contributed by atoms with Crippen LogP contribution >= 0.6 is 0 Å². The number of hydrogen-bond donors (Lipinski definition) is 0. The minimum absolute atomic E-state index is 0.0795. The van der Waals surface area contributed by atoms with E-state index < -0.39 is 0 Å². The average molecular weight is 364 g/mol. The third kappa shape index (κ3) is 8.34. The molecule has 6 nitrogen and oxygen atoms in total. The summed E-state index contributed by atoms with van der Waals surface area (Å²) in [6.07, 6.45) is 1.13. The lowest BCUT2D eigenvalue weighted by atomic mass is 10.1. The molecule has 26 heavy (non-hydrogen) atoms. The van der Waals surface area contributed by atoms with E-state index in [1.165, 1.54) is 0 Å². The molecule has 0 saturated heterocycles. The van der Waals surface area contributed by atoms with E-state index in [9.17, 15) is 9.59 Å². The summed E-state index contributed by atoms with van der Waals surface area (Å²) < 4.78 is 10.6. The van der Waals surface area contributed by atoms with Crippen LogP contribution < -0.4 is 4.74 Å². The van der Waals surface area contributed by atoms with E-state index in [4.69, 9.17) is 9.47 Å². The number of benzene rings is 1. The molecule has 1 amide bonds. The van der Waals surface area contributed by atoms with Crippen LogP contribution in [-0.4, -0.2) is 68.1 Å². The third-order valence-electron chi connectivity index (χ3n) is 3.68. The fourth-order valence-corrected chi connectivity index (χ4v) is 2.48. The molecule has 0 N–H and O–H groups in total. The molecule has 1 aromatic rings. The highest BCUT2D eigenvalue weighted by molar-refractivity contribution is 5.94. The van der Waals surface area contributed by atoms with Gasteiger partial charge in [-0.25, -0.2) is 0 Å². The van der Waals surface area contributed by atoms with Crippen LogP contribution in [-0.2, 0) is 9.53 Å². The number of amides is 1. The maximum atomic E-state index is 12.8. The van der Waals surface area contributed by atoms with Crippen molar-refractivity contribution < 1.29 is 19.1 Å². The van der Waals surface area contributed by atoms with Crippen molar-refractivity contribution in [3.8, 4) is 5.75 Å². The van der Waals surface area contributed by atoms with Crippen molar-refractivity contribution in [2.75, 3.05) is 40.3 Å². The molecule has 0 aliphatic carbocycles. The summed E-state index contributed by atoms with van der Waals surface area (Å²) in [6.45, 7) is 7.88. The predicted molar refractivity (Wildman–Crippen MR) is 103 cm³/mol. The second kappa shape index (κ2) is 11.5. The van der Waals surface area contributed by atoms with Crippen LogP contribution in [0.25, 0.3) is 0 Å². The highest BCUT2D eigenvalue weighted by atomic mass is 16.5. The van der Waals surface area contributed by atoms with Gasteiger partial charge in [0.25, 0.3) is 5.91 Å². The number of rotatable bonds is 11. The zero-order valence-electron chi connectivity index (χ0n) is 16.7. The molecular formula is C20H32N2O4. The maximum absolute atomic E-state index is 12.8. The Hall–Kier alpha value is -2.08. The van der Waals surface area contributed by atoms with Gasteiger partial charge in [-0.05, 0) is 72.1 Å². The van der Waals surface area contributed by atoms with Gasteiger partial charge in [-0.15, -0.1) is 0 Å². The summed E-state index contributed by atoms with van der Waals surface area (Å²) in [6, 6.07) is 7.14. The number of carbonyl (C=O) groups is 2. The fraction of sp³-hybridized carbons (Fsp3) is 0.600. The first-order chi connectivity index (χ1) is 12.3. The normalized spacial score (nSPS) is 10.9.